The van der Waals surface area contributed by atoms with Crippen LogP contribution in [-0.4, -0.2) is 12.4 Å². The summed E-state index contributed by atoms with van der Waals surface area (Å²) in [5.41, 5.74) is 1.32. The van der Waals surface area contributed by atoms with E-state index in [2.05, 4.69) is 35.6 Å². The molecule has 18 heavy (non-hydrogen) atoms. The number of rotatable bonds is 5. The summed E-state index contributed by atoms with van der Waals surface area (Å²) in [4.78, 5) is 0. The molecule has 2 aliphatic rings. The van der Waals surface area contributed by atoms with Gasteiger partial charge in [-0.15, -0.1) is 11.6 Å². The van der Waals surface area contributed by atoms with Crippen molar-refractivity contribution < 1.29 is 0 Å². The van der Waals surface area contributed by atoms with Crippen molar-refractivity contribution in [3.8, 4) is 0 Å². The van der Waals surface area contributed by atoms with Crippen LogP contribution < -0.4 is 5.32 Å². The van der Waals surface area contributed by atoms with Gasteiger partial charge in [0.25, 0.3) is 0 Å². The molecule has 2 heteroatoms. The predicted molar refractivity (Wildman–Crippen MR) is 76.8 cm³/mol. The first-order valence-corrected chi connectivity index (χ1v) is 7.74. The molecule has 1 aromatic carbocycles. The number of nitrogens with one attached hydrogen (secondary N) is 1. The van der Waals surface area contributed by atoms with E-state index in [4.69, 9.17) is 11.6 Å². The van der Waals surface area contributed by atoms with Gasteiger partial charge in [-0.2, -0.15) is 0 Å². The molecule has 4 atom stereocenters. The number of alkyl halides is 1. The molecule has 0 spiro atoms. The van der Waals surface area contributed by atoms with Crippen LogP contribution >= 0.6 is 11.6 Å². The first kappa shape index (κ1) is 12.5. The Morgan fingerprint density at radius 1 is 1.17 bits per heavy atom. The van der Waals surface area contributed by atoms with Crippen molar-refractivity contribution in [3.05, 3.63) is 35.9 Å². The first-order valence-electron chi connectivity index (χ1n) is 7.21. The molecule has 0 saturated heterocycles. The van der Waals surface area contributed by atoms with Crippen molar-refractivity contribution >= 4 is 11.6 Å². The Morgan fingerprint density at radius 3 is 2.61 bits per heavy atom. The first-order chi connectivity index (χ1) is 8.86. The Labute approximate surface area is 115 Å². The van der Waals surface area contributed by atoms with Crippen LogP contribution in [-0.2, 0) is 0 Å². The van der Waals surface area contributed by atoms with Crippen molar-refractivity contribution in [3.63, 3.8) is 0 Å². The van der Waals surface area contributed by atoms with Gasteiger partial charge in [0.1, 0.15) is 0 Å². The second-order valence-corrected chi connectivity index (χ2v) is 6.27. The summed E-state index contributed by atoms with van der Waals surface area (Å²) in [5, 5.41) is 3.68. The molecule has 2 saturated carbocycles. The summed E-state index contributed by atoms with van der Waals surface area (Å²) in [6, 6.07) is 10.9. The van der Waals surface area contributed by atoms with E-state index in [9.17, 15) is 0 Å². The van der Waals surface area contributed by atoms with Gasteiger partial charge in [0, 0.05) is 11.9 Å². The molecule has 1 N–H and O–H groups in total. The molecule has 2 bridgehead atoms. The van der Waals surface area contributed by atoms with Gasteiger partial charge >= 0.3 is 0 Å². The Balaban J connectivity index is 1.55. The van der Waals surface area contributed by atoms with Crippen LogP contribution in [0.3, 0.4) is 0 Å². The van der Waals surface area contributed by atoms with E-state index in [-0.39, 0.29) is 0 Å². The SMILES string of the molecule is ClCC(NCC1CC2CCC1C2)c1ccccc1. The average Bonchev–Trinajstić information content (AvgIpc) is 3.03. The van der Waals surface area contributed by atoms with Crippen molar-refractivity contribution in [1.29, 1.82) is 0 Å². The quantitative estimate of drug-likeness (QED) is 0.792. The van der Waals surface area contributed by atoms with E-state index in [0.717, 1.165) is 24.3 Å². The number of benzene rings is 1. The maximum absolute atomic E-state index is 6.10. The minimum absolute atomic E-state index is 0.312. The maximum Gasteiger partial charge on any atom is 0.0457 e. The van der Waals surface area contributed by atoms with Gasteiger partial charge in [-0.25, -0.2) is 0 Å². The highest BCUT2D eigenvalue weighted by atomic mass is 35.5. The average molecular weight is 264 g/mol. The van der Waals surface area contributed by atoms with Crippen LogP contribution in [0.4, 0.5) is 0 Å². The standard InChI is InChI=1S/C16H22ClN/c17-10-16(13-4-2-1-3-5-13)18-11-15-9-12-6-7-14(15)8-12/h1-5,12,14-16,18H,6-11H2. The highest BCUT2D eigenvalue weighted by Gasteiger charge is 2.39. The van der Waals surface area contributed by atoms with Crippen LogP contribution in [0, 0.1) is 17.8 Å². The minimum atomic E-state index is 0.312. The molecule has 2 fully saturated rings. The summed E-state index contributed by atoms with van der Waals surface area (Å²) in [6.07, 6.45) is 5.89. The second kappa shape index (κ2) is 5.63. The zero-order valence-corrected chi connectivity index (χ0v) is 11.6. The van der Waals surface area contributed by atoms with Gasteiger partial charge in [-0.05, 0) is 49.1 Å². The number of halogens is 1. The minimum Gasteiger partial charge on any atom is -0.309 e. The zero-order valence-electron chi connectivity index (χ0n) is 10.8. The Bertz CT molecular complexity index is 378. The summed E-state index contributed by atoms with van der Waals surface area (Å²) >= 11 is 6.10. The lowest BCUT2D eigenvalue weighted by atomic mass is 9.88. The van der Waals surface area contributed by atoms with Gasteiger partial charge in [-0.1, -0.05) is 36.8 Å². The van der Waals surface area contributed by atoms with Crippen molar-refractivity contribution in [2.75, 3.05) is 12.4 Å². The molecule has 0 aromatic heterocycles. The molecule has 0 amide bonds. The smallest absolute Gasteiger partial charge is 0.0457 e. The molecule has 0 heterocycles. The summed E-state index contributed by atoms with van der Waals surface area (Å²) in [5.74, 6) is 3.59. The number of hydrogen-bond acceptors (Lipinski definition) is 1. The molecule has 2 aliphatic carbocycles. The van der Waals surface area contributed by atoms with Crippen molar-refractivity contribution in [2.24, 2.45) is 17.8 Å². The fraction of sp³-hybridized carbons (Fsp3) is 0.625. The number of hydrogen-bond donors (Lipinski definition) is 1. The van der Waals surface area contributed by atoms with Gasteiger partial charge < -0.3 is 5.32 Å². The number of fused-ring (bicyclic) bond motifs is 2. The molecule has 1 nitrogen and oxygen atoms in total. The summed E-state index contributed by atoms with van der Waals surface area (Å²) in [6.45, 7) is 1.15. The van der Waals surface area contributed by atoms with E-state index >= 15 is 0 Å². The topological polar surface area (TPSA) is 12.0 Å². The highest BCUT2D eigenvalue weighted by molar-refractivity contribution is 6.18. The Hall–Kier alpha value is -0.530. The third-order valence-corrected chi connectivity index (χ3v) is 5.18. The predicted octanol–water partition coefficient (Wildman–Crippen LogP) is 3.99. The lowest BCUT2D eigenvalue weighted by molar-refractivity contribution is 0.310. The Kier molecular flexibility index (Phi) is 3.91. The third kappa shape index (κ3) is 2.57. The van der Waals surface area contributed by atoms with Crippen LogP contribution in [0.5, 0.6) is 0 Å². The summed E-state index contributed by atoms with van der Waals surface area (Å²) in [7, 11) is 0. The lowest BCUT2D eigenvalue weighted by Crippen LogP contribution is -2.30. The van der Waals surface area contributed by atoms with Crippen molar-refractivity contribution in [1.82, 2.24) is 5.32 Å². The van der Waals surface area contributed by atoms with Crippen LogP contribution in [0.15, 0.2) is 30.3 Å². The molecule has 0 radical (unpaired) electrons. The van der Waals surface area contributed by atoms with Crippen LogP contribution in [0.2, 0.25) is 0 Å². The van der Waals surface area contributed by atoms with E-state index < -0.39 is 0 Å². The molecule has 4 unspecified atom stereocenters. The molecule has 3 rings (SSSR count). The fourth-order valence-corrected chi connectivity index (χ4v) is 4.15. The fourth-order valence-electron chi connectivity index (χ4n) is 3.87. The second-order valence-electron chi connectivity index (χ2n) is 5.96. The molecule has 0 aliphatic heterocycles. The van der Waals surface area contributed by atoms with E-state index in [1.807, 2.05) is 0 Å². The monoisotopic (exact) mass is 263 g/mol. The normalized spacial score (nSPS) is 31.7. The van der Waals surface area contributed by atoms with E-state index in [1.165, 1.54) is 31.2 Å². The highest BCUT2D eigenvalue weighted by Crippen LogP contribution is 2.48. The van der Waals surface area contributed by atoms with Crippen LogP contribution in [0.1, 0.15) is 37.3 Å². The largest absolute Gasteiger partial charge is 0.309 e. The van der Waals surface area contributed by atoms with Crippen molar-refractivity contribution in [2.45, 2.75) is 31.7 Å². The van der Waals surface area contributed by atoms with Gasteiger partial charge in [0.15, 0.2) is 0 Å². The summed E-state index contributed by atoms with van der Waals surface area (Å²) < 4.78 is 0. The van der Waals surface area contributed by atoms with Crippen LogP contribution in [0.25, 0.3) is 0 Å². The lowest BCUT2D eigenvalue weighted by Gasteiger charge is -2.25. The van der Waals surface area contributed by atoms with E-state index in [1.54, 1.807) is 0 Å². The zero-order chi connectivity index (χ0) is 12.4. The molecule has 98 valence electrons. The molecular formula is C16H22ClN. The van der Waals surface area contributed by atoms with Gasteiger partial charge in [-0.3, -0.25) is 0 Å². The van der Waals surface area contributed by atoms with Gasteiger partial charge in [0.2, 0.25) is 0 Å². The Morgan fingerprint density at radius 2 is 2.00 bits per heavy atom. The molecule has 1 aromatic rings. The van der Waals surface area contributed by atoms with Gasteiger partial charge in [0.05, 0.1) is 0 Å². The maximum atomic E-state index is 6.10. The van der Waals surface area contributed by atoms with E-state index in [0.29, 0.717) is 11.9 Å². The third-order valence-electron chi connectivity index (χ3n) is 4.87. The molecular weight excluding hydrogens is 242 g/mol.